The Kier molecular flexibility index (Phi) is 4.99. The number of allylic oxidation sites excluding steroid dienone is 1. The fourth-order valence-corrected chi connectivity index (χ4v) is 3.38. The standard InChI is InChI=1S/C21H22N4O4/c1-26-15-7-5-13(6-8-15)16-11-17(25-21(24-16)22-12-23-25)14-9-18(27-2)20(29-4)19(10-14)28-3/h5-12,17H,1-4H3,(H,22,23,24)/t17-/m1/s1. The van der Waals surface area contributed by atoms with Crippen molar-refractivity contribution in [2.45, 2.75) is 6.04 Å². The van der Waals surface area contributed by atoms with Crippen LogP contribution in [0.1, 0.15) is 17.2 Å². The largest absolute Gasteiger partial charge is 0.497 e. The number of methoxy groups -OCH3 is 4. The summed E-state index contributed by atoms with van der Waals surface area (Å²) in [6.07, 6.45) is 3.61. The third-order valence-corrected chi connectivity index (χ3v) is 4.84. The smallest absolute Gasteiger partial charge is 0.226 e. The van der Waals surface area contributed by atoms with E-state index in [1.165, 1.54) is 6.33 Å². The number of ether oxygens (including phenoxy) is 4. The van der Waals surface area contributed by atoms with E-state index < -0.39 is 0 Å². The van der Waals surface area contributed by atoms with Gasteiger partial charge in [-0.2, -0.15) is 10.1 Å². The Labute approximate surface area is 168 Å². The van der Waals surface area contributed by atoms with Crippen molar-refractivity contribution in [3.05, 3.63) is 59.9 Å². The molecule has 1 aliphatic rings. The number of anilines is 1. The fraction of sp³-hybridized carbons (Fsp3) is 0.238. The number of aromatic nitrogens is 3. The number of fused-ring (bicyclic) bond motifs is 1. The Morgan fingerprint density at radius 3 is 2.17 bits per heavy atom. The zero-order chi connectivity index (χ0) is 20.4. The summed E-state index contributed by atoms with van der Waals surface area (Å²) in [5.41, 5.74) is 2.86. The molecule has 8 heteroatoms. The summed E-state index contributed by atoms with van der Waals surface area (Å²) < 4.78 is 23.5. The van der Waals surface area contributed by atoms with E-state index in [0.717, 1.165) is 22.6 Å². The minimum Gasteiger partial charge on any atom is -0.497 e. The summed E-state index contributed by atoms with van der Waals surface area (Å²) >= 11 is 0. The van der Waals surface area contributed by atoms with Crippen molar-refractivity contribution in [2.75, 3.05) is 33.8 Å². The molecule has 1 aromatic heterocycles. The van der Waals surface area contributed by atoms with E-state index in [4.69, 9.17) is 18.9 Å². The molecule has 0 fully saturated rings. The highest BCUT2D eigenvalue weighted by Crippen LogP contribution is 2.42. The van der Waals surface area contributed by atoms with Crippen molar-refractivity contribution in [1.82, 2.24) is 14.8 Å². The highest BCUT2D eigenvalue weighted by molar-refractivity contribution is 5.77. The van der Waals surface area contributed by atoms with Crippen molar-refractivity contribution in [2.24, 2.45) is 0 Å². The predicted octanol–water partition coefficient (Wildman–Crippen LogP) is 3.37. The Bertz CT molecular complexity index is 1020. The van der Waals surface area contributed by atoms with E-state index in [2.05, 4.69) is 21.5 Å². The second-order valence-electron chi connectivity index (χ2n) is 6.37. The number of benzene rings is 2. The predicted molar refractivity (Wildman–Crippen MR) is 109 cm³/mol. The minimum absolute atomic E-state index is 0.209. The van der Waals surface area contributed by atoms with Crippen LogP contribution in [0.15, 0.2) is 48.8 Å². The van der Waals surface area contributed by atoms with E-state index in [1.807, 2.05) is 41.1 Å². The molecule has 1 N–H and O–H groups in total. The number of rotatable bonds is 6. The molecule has 1 aliphatic heterocycles. The first-order valence-electron chi connectivity index (χ1n) is 9.01. The molecule has 0 aliphatic carbocycles. The van der Waals surface area contributed by atoms with Crippen LogP contribution in [0.2, 0.25) is 0 Å². The fourth-order valence-electron chi connectivity index (χ4n) is 3.38. The summed E-state index contributed by atoms with van der Waals surface area (Å²) in [5.74, 6) is 3.17. The lowest BCUT2D eigenvalue weighted by Gasteiger charge is -2.25. The monoisotopic (exact) mass is 394 g/mol. The number of nitrogens with zero attached hydrogens (tertiary/aromatic N) is 3. The van der Waals surface area contributed by atoms with Crippen LogP contribution in [-0.4, -0.2) is 43.2 Å². The van der Waals surface area contributed by atoms with Gasteiger partial charge in [-0.25, -0.2) is 4.68 Å². The van der Waals surface area contributed by atoms with Gasteiger partial charge < -0.3 is 24.3 Å². The van der Waals surface area contributed by atoms with E-state index in [0.29, 0.717) is 23.2 Å². The molecule has 8 nitrogen and oxygen atoms in total. The lowest BCUT2D eigenvalue weighted by Crippen LogP contribution is -2.20. The van der Waals surface area contributed by atoms with Crippen LogP contribution in [0, 0.1) is 0 Å². The van der Waals surface area contributed by atoms with Gasteiger partial charge in [-0.1, -0.05) is 0 Å². The van der Waals surface area contributed by atoms with E-state index in [1.54, 1.807) is 28.4 Å². The molecule has 4 rings (SSSR count). The molecule has 0 saturated carbocycles. The number of hydrogen-bond acceptors (Lipinski definition) is 7. The summed E-state index contributed by atoms with van der Waals surface area (Å²) in [4.78, 5) is 4.35. The topological polar surface area (TPSA) is 79.7 Å². The molecular formula is C21H22N4O4. The molecule has 0 amide bonds. The van der Waals surface area contributed by atoms with Crippen LogP contribution in [-0.2, 0) is 0 Å². The summed E-state index contributed by atoms with van der Waals surface area (Å²) in [6.45, 7) is 0. The maximum absolute atomic E-state index is 5.52. The van der Waals surface area contributed by atoms with Gasteiger partial charge in [0.15, 0.2) is 11.5 Å². The Morgan fingerprint density at radius 2 is 1.59 bits per heavy atom. The van der Waals surface area contributed by atoms with Crippen molar-refractivity contribution in [3.8, 4) is 23.0 Å². The lowest BCUT2D eigenvalue weighted by molar-refractivity contribution is 0.323. The van der Waals surface area contributed by atoms with Crippen LogP contribution in [0.5, 0.6) is 23.0 Å². The Hall–Kier alpha value is -3.68. The molecule has 0 spiro atoms. The summed E-state index contributed by atoms with van der Waals surface area (Å²) in [5, 5.41) is 7.72. The molecule has 150 valence electrons. The first-order valence-corrected chi connectivity index (χ1v) is 9.01. The average Bonchev–Trinajstić information content (AvgIpc) is 3.26. The third kappa shape index (κ3) is 3.33. The van der Waals surface area contributed by atoms with E-state index >= 15 is 0 Å². The average molecular weight is 394 g/mol. The molecule has 0 radical (unpaired) electrons. The van der Waals surface area contributed by atoms with Gasteiger partial charge >= 0.3 is 0 Å². The van der Waals surface area contributed by atoms with E-state index in [9.17, 15) is 0 Å². The maximum Gasteiger partial charge on any atom is 0.226 e. The first-order chi connectivity index (χ1) is 14.2. The van der Waals surface area contributed by atoms with Gasteiger partial charge in [0.05, 0.1) is 28.4 Å². The molecule has 0 unspecified atom stereocenters. The highest BCUT2D eigenvalue weighted by atomic mass is 16.5. The van der Waals surface area contributed by atoms with Crippen molar-refractivity contribution in [3.63, 3.8) is 0 Å². The van der Waals surface area contributed by atoms with Crippen molar-refractivity contribution in [1.29, 1.82) is 0 Å². The first kappa shape index (κ1) is 18.7. The maximum atomic E-state index is 5.52. The Balaban J connectivity index is 1.82. The number of hydrogen-bond donors (Lipinski definition) is 1. The molecule has 1 atom stereocenters. The highest BCUT2D eigenvalue weighted by Gasteiger charge is 2.26. The van der Waals surface area contributed by atoms with Crippen LogP contribution in [0.4, 0.5) is 5.95 Å². The summed E-state index contributed by atoms with van der Waals surface area (Å²) in [7, 11) is 6.43. The van der Waals surface area contributed by atoms with Gasteiger partial charge in [0, 0.05) is 5.70 Å². The zero-order valence-corrected chi connectivity index (χ0v) is 16.7. The SMILES string of the molecule is COc1ccc(C2=C[C@H](c3cc(OC)c(OC)c(OC)c3)n3ncnc3N2)cc1. The zero-order valence-electron chi connectivity index (χ0n) is 16.7. The molecular weight excluding hydrogens is 372 g/mol. The molecule has 2 heterocycles. The quantitative estimate of drug-likeness (QED) is 0.687. The number of nitrogens with one attached hydrogen (secondary N) is 1. The van der Waals surface area contributed by atoms with E-state index in [-0.39, 0.29) is 6.04 Å². The molecule has 2 aromatic carbocycles. The lowest BCUT2D eigenvalue weighted by atomic mass is 10.0. The van der Waals surface area contributed by atoms with Gasteiger partial charge in [-0.05, 0) is 53.6 Å². The molecule has 3 aromatic rings. The molecule has 0 saturated heterocycles. The molecule has 0 bridgehead atoms. The van der Waals surface area contributed by atoms with Crippen molar-refractivity contribution >= 4 is 11.6 Å². The van der Waals surface area contributed by atoms with Crippen LogP contribution >= 0.6 is 0 Å². The van der Waals surface area contributed by atoms with Crippen molar-refractivity contribution < 1.29 is 18.9 Å². The second kappa shape index (κ2) is 7.75. The minimum atomic E-state index is -0.209. The Morgan fingerprint density at radius 1 is 0.897 bits per heavy atom. The summed E-state index contributed by atoms with van der Waals surface area (Å²) in [6, 6.07) is 11.5. The van der Waals surface area contributed by atoms with Gasteiger partial charge in [0.25, 0.3) is 0 Å². The van der Waals surface area contributed by atoms with Gasteiger partial charge in [0.1, 0.15) is 18.1 Å². The normalized spacial score (nSPS) is 15.0. The van der Waals surface area contributed by atoms with Gasteiger partial charge in [0.2, 0.25) is 11.7 Å². The van der Waals surface area contributed by atoms with Crippen LogP contribution in [0.3, 0.4) is 0 Å². The third-order valence-electron chi connectivity index (χ3n) is 4.84. The second-order valence-corrected chi connectivity index (χ2v) is 6.37. The van der Waals surface area contributed by atoms with Crippen LogP contribution < -0.4 is 24.3 Å². The van der Waals surface area contributed by atoms with Crippen LogP contribution in [0.25, 0.3) is 5.70 Å². The van der Waals surface area contributed by atoms with Gasteiger partial charge in [-0.3, -0.25) is 0 Å². The van der Waals surface area contributed by atoms with Gasteiger partial charge in [-0.15, -0.1) is 0 Å². The molecule has 29 heavy (non-hydrogen) atoms.